The van der Waals surface area contributed by atoms with Crippen molar-refractivity contribution in [2.45, 2.75) is 11.7 Å². The quantitative estimate of drug-likeness (QED) is 0.569. The zero-order valence-corrected chi connectivity index (χ0v) is 17.6. The smallest absolute Gasteiger partial charge is 0.376 e. The number of anilines is 2. The molecule has 0 radical (unpaired) electrons. The minimum atomic E-state index is -4.57. The van der Waals surface area contributed by atoms with E-state index in [2.05, 4.69) is 25.0 Å². The maximum Gasteiger partial charge on any atom is 0.433 e. The lowest BCUT2D eigenvalue weighted by Gasteiger charge is -2.39. The molecule has 1 fully saturated rings. The molecule has 1 aromatic carbocycles. The van der Waals surface area contributed by atoms with Crippen LogP contribution in [-0.4, -0.2) is 42.8 Å². The minimum Gasteiger partial charge on any atom is -0.376 e. The molecule has 0 unspecified atom stereocenters. The SMILES string of the molecule is CS(=O)(=O)NC1(c2ncc(-c3cccc(Nc4nccc(C(F)(F)F)n4)c3)s2)COC1. The van der Waals surface area contributed by atoms with Crippen molar-refractivity contribution >= 4 is 33.0 Å². The summed E-state index contributed by atoms with van der Waals surface area (Å²) in [5.41, 5.74) is -0.698. The van der Waals surface area contributed by atoms with Crippen molar-refractivity contribution in [2.24, 2.45) is 0 Å². The van der Waals surface area contributed by atoms with Gasteiger partial charge in [-0.15, -0.1) is 11.3 Å². The Kier molecular flexibility index (Phi) is 5.45. The molecule has 1 saturated heterocycles. The van der Waals surface area contributed by atoms with Crippen molar-refractivity contribution in [3.05, 3.63) is 53.4 Å². The third kappa shape index (κ3) is 4.84. The molecule has 1 aliphatic rings. The second-order valence-electron chi connectivity index (χ2n) is 6.95. The van der Waals surface area contributed by atoms with E-state index in [4.69, 9.17) is 4.74 Å². The zero-order valence-electron chi connectivity index (χ0n) is 16.0. The second kappa shape index (κ2) is 7.82. The summed E-state index contributed by atoms with van der Waals surface area (Å²) >= 11 is 1.30. The lowest BCUT2D eigenvalue weighted by Crippen LogP contribution is -2.58. The van der Waals surface area contributed by atoms with Crippen LogP contribution in [0.4, 0.5) is 24.8 Å². The van der Waals surface area contributed by atoms with Crippen LogP contribution in [0.3, 0.4) is 0 Å². The van der Waals surface area contributed by atoms with E-state index in [0.717, 1.165) is 29.0 Å². The molecule has 13 heteroatoms. The summed E-state index contributed by atoms with van der Waals surface area (Å²) < 4.78 is 69.8. The van der Waals surface area contributed by atoms with Gasteiger partial charge in [0, 0.05) is 18.1 Å². The highest BCUT2D eigenvalue weighted by atomic mass is 32.2. The van der Waals surface area contributed by atoms with Gasteiger partial charge < -0.3 is 10.1 Å². The van der Waals surface area contributed by atoms with Gasteiger partial charge in [-0.3, -0.25) is 0 Å². The second-order valence-corrected chi connectivity index (χ2v) is 9.73. The summed E-state index contributed by atoms with van der Waals surface area (Å²) in [6.45, 7) is 0.364. The fourth-order valence-electron chi connectivity index (χ4n) is 2.97. The Balaban J connectivity index is 1.57. The fraction of sp³-hybridized carbons (Fsp3) is 0.278. The summed E-state index contributed by atoms with van der Waals surface area (Å²) in [7, 11) is -3.47. The van der Waals surface area contributed by atoms with Gasteiger partial charge in [0.25, 0.3) is 0 Å². The number of hydrogen-bond donors (Lipinski definition) is 2. The lowest BCUT2D eigenvalue weighted by molar-refractivity contribution is -0.141. The minimum absolute atomic E-state index is 0.181. The average molecular weight is 471 g/mol. The van der Waals surface area contributed by atoms with Crippen molar-refractivity contribution in [3.8, 4) is 10.4 Å². The first-order valence-electron chi connectivity index (χ1n) is 8.85. The van der Waals surface area contributed by atoms with E-state index in [1.54, 1.807) is 24.4 Å². The molecule has 4 rings (SSSR count). The summed E-state index contributed by atoms with van der Waals surface area (Å²) in [4.78, 5) is 12.4. The van der Waals surface area contributed by atoms with Crippen molar-refractivity contribution in [1.29, 1.82) is 0 Å². The van der Waals surface area contributed by atoms with E-state index < -0.39 is 27.4 Å². The summed E-state index contributed by atoms with van der Waals surface area (Å²) in [6.07, 6.45) is -0.843. The summed E-state index contributed by atoms with van der Waals surface area (Å²) in [5.74, 6) is -0.181. The molecule has 0 saturated carbocycles. The third-order valence-electron chi connectivity index (χ3n) is 4.34. The Bertz CT molecular complexity index is 1210. The molecular weight excluding hydrogens is 455 g/mol. The third-order valence-corrected chi connectivity index (χ3v) is 6.35. The Morgan fingerprint density at radius 1 is 1.19 bits per heavy atom. The Morgan fingerprint density at radius 3 is 2.61 bits per heavy atom. The predicted octanol–water partition coefficient (Wildman–Crippen LogP) is 3.14. The first-order chi connectivity index (χ1) is 14.5. The van der Waals surface area contributed by atoms with Crippen LogP contribution in [0.1, 0.15) is 10.7 Å². The molecular formula is C18H16F3N5O3S2. The number of benzene rings is 1. The van der Waals surface area contributed by atoms with Crippen LogP contribution in [-0.2, 0) is 26.5 Å². The molecule has 8 nitrogen and oxygen atoms in total. The van der Waals surface area contributed by atoms with Gasteiger partial charge in [0.15, 0.2) is 0 Å². The number of hydrogen-bond acceptors (Lipinski definition) is 8. The fourth-order valence-corrected chi connectivity index (χ4v) is 4.99. The van der Waals surface area contributed by atoms with Crippen LogP contribution < -0.4 is 10.0 Å². The van der Waals surface area contributed by atoms with Gasteiger partial charge in [0.1, 0.15) is 16.2 Å². The number of alkyl halides is 3. The number of sulfonamides is 1. The molecule has 0 bridgehead atoms. The van der Waals surface area contributed by atoms with Crippen molar-refractivity contribution in [1.82, 2.24) is 19.7 Å². The number of rotatable bonds is 6. The van der Waals surface area contributed by atoms with Gasteiger partial charge in [0.05, 0.1) is 24.3 Å². The highest BCUT2D eigenvalue weighted by Gasteiger charge is 2.45. The van der Waals surface area contributed by atoms with Crippen LogP contribution in [0.15, 0.2) is 42.7 Å². The van der Waals surface area contributed by atoms with E-state index in [9.17, 15) is 21.6 Å². The number of ether oxygens (including phenoxy) is 1. The largest absolute Gasteiger partial charge is 0.433 e. The van der Waals surface area contributed by atoms with E-state index in [0.29, 0.717) is 10.7 Å². The lowest BCUT2D eigenvalue weighted by atomic mass is 10.0. The molecule has 2 N–H and O–H groups in total. The van der Waals surface area contributed by atoms with E-state index in [-0.39, 0.29) is 19.2 Å². The van der Waals surface area contributed by atoms with Crippen LogP contribution in [0.25, 0.3) is 10.4 Å². The molecule has 3 heterocycles. The topological polar surface area (TPSA) is 106 Å². The zero-order chi connectivity index (χ0) is 22.3. The van der Waals surface area contributed by atoms with Gasteiger partial charge in [-0.25, -0.2) is 23.4 Å². The maximum atomic E-state index is 12.9. The molecule has 3 aromatic rings. The summed E-state index contributed by atoms with van der Waals surface area (Å²) in [5, 5.41) is 3.34. The summed E-state index contributed by atoms with van der Waals surface area (Å²) in [6, 6.07) is 7.71. The van der Waals surface area contributed by atoms with Crippen LogP contribution in [0, 0.1) is 0 Å². The normalized spacial score (nSPS) is 16.0. The molecule has 31 heavy (non-hydrogen) atoms. The van der Waals surface area contributed by atoms with Gasteiger partial charge in [-0.05, 0) is 23.8 Å². The van der Waals surface area contributed by atoms with Crippen LogP contribution in [0.5, 0.6) is 0 Å². The van der Waals surface area contributed by atoms with E-state index in [1.165, 1.54) is 11.3 Å². The van der Waals surface area contributed by atoms with Crippen LogP contribution in [0.2, 0.25) is 0 Å². The Morgan fingerprint density at radius 2 is 1.97 bits per heavy atom. The van der Waals surface area contributed by atoms with Crippen molar-refractivity contribution in [2.75, 3.05) is 24.8 Å². The van der Waals surface area contributed by atoms with E-state index >= 15 is 0 Å². The number of aromatic nitrogens is 3. The van der Waals surface area contributed by atoms with Crippen molar-refractivity contribution < 1.29 is 26.3 Å². The molecule has 0 amide bonds. The average Bonchev–Trinajstić information content (AvgIpc) is 3.14. The highest BCUT2D eigenvalue weighted by molar-refractivity contribution is 7.88. The van der Waals surface area contributed by atoms with Crippen molar-refractivity contribution in [3.63, 3.8) is 0 Å². The van der Waals surface area contributed by atoms with Gasteiger partial charge in [-0.2, -0.15) is 17.9 Å². The number of nitrogens with one attached hydrogen (secondary N) is 2. The number of halogens is 3. The molecule has 0 spiro atoms. The van der Waals surface area contributed by atoms with E-state index in [1.807, 2.05) is 6.07 Å². The van der Waals surface area contributed by atoms with Gasteiger partial charge >= 0.3 is 6.18 Å². The number of thiazole rings is 1. The van der Waals surface area contributed by atoms with Gasteiger partial charge in [-0.1, -0.05) is 12.1 Å². The molecule has 164 valence electrons. The molecule has 0 aliphatic carbocycles. The molecule has 0 atom stereocenters. The molecule has 1 aliphatic heterocycles. The predicted molar refractivity (Wildman–Crippen MR) is 108 cm³/mol. The highest BCUT2D eigenvalue weighted by Crippen LogP contribution is 2.37. The maximum absolute atomic E-state index is 12.9. The molecule has 2 aromatic heterocycles. The number of nitrogens with zero attached hydrogens (tertiary/aromatic N) is 3. The first-order valence-corrected chi connectivity index (χ1v) is 11.6. The first kappa shape index (κ1) is 21.6. The van der Waals surface area contributed by atoms with Crippen LogP contribution >= 0.6 is 11.3 Å². The standard InChI is InChI=1S/C18H16F3N5O3S2/c1-31(27,28)26-17(9-29-10-17)15-23-8-13(30-15)11-3-2-4-12(7-11)24-16-22-6-5-14(25-16)18(19,20)21/h2-8,26H,9-10H2,1H3,(H,22,24,25). The Labute approximate surface area is 179 Å². The Hall–Kier alpha value is -2.61. The van der Waals surface area contributed by atoms with Gasteiger partial charge in [0.2, 0.25) is 16.0 Å². The monoisotopic (exact) mass is 471 g/mol.